The van der Waals surface area contributed by atoms with Crippen molar-refractivity contribution in [2.45, 2.75) is 65.3 Å². The molecule has 0 fully saturated rings. The average molecular weight is 560 g/mol. The highest BCUT2D eigenvalue weighted by atomic mass is 16.6. The number of aliphatic hydroxyl groups is 1. The van der Waals surface area contributed by atoms with Gasteiger partial charge >= 0.3 is 6.09 Å². The number of aryl methyl sites for hydroxylation is 2. The van der Waals surface area contributed by atoms with E-state index in [-0.39, 0.29) is 26.1 Å². The van der Waals surface area contributed by atoms with Crippen molar-refractivity contribution in [1.82, 2.24) is 15.5 Å². The Balaban J connectivity index is 2.01. The van der Waals surface area contributed by atoms with Gasteiger partial charge in [0.2, 0.25) is 11.8 Å². The van der Waals surface area contributed by atoms with Crippen LogP contribution in [0.2, 0.25) is 0 Å². The fourth-order valence-electron chi connectivity index (χ4n) is 4.70. The Morgan fingerprint density at radius 2 is 1.44 bits per heavy atom. The SMILES string of the molecule is Cc1cc(C)cc(C(C(=O)NCc2ccccc2)N(CCO)C(=O)C(Cc2ccccc2)NC(=O)OC(C)(C)C)c1. The lowest BCUT2D eigenvalue weighted by atomic mass is 9.97. The van der Waals surface area contributed by atoms with Crippen molar-refractivity contribution in [1.29, 1.82) is 0 Å². The summed E-state index contributed by atoms with van der Waals surface area (Å²) in [5.74, 6) is -0.899. The number of hydrogen-bond donors (Lipinski definition) is 3. The molecule has 0 spiro atoms. The molecule has 8 nitrogen and oxygen atoms in total. The Labute approximate surface area is 242 Å². The summed E-state index contributed by atoms with van der Waals surface area (Å²) in [6.45, 7) is 8.86. The van der Waals surface area contributed by atoms with Gasteiger partial charge in [0.05, 0.1) is 6.61 Å². The molecule has 0 saturated carbocycles. The minimum atomic E-state index is -1.05. The smallest absolute Gasteiger partial charge is 0.408 e. The van der Waals surface area contributed by atoms with E-state index in [1.165, 1.54) is 4.90 Å². The fraction of sp³-hybridized carbons (Fsp3) is 0.364. The van der Waals surface area contributed by atoms with Crippen LogP contribution in [0.5, 0.6) is 0 Å². The van der Waals surface area contributed by atoms with E-state index < -0.39 is 35.6 Å². The molecule has 0 bridgehead atoms. The highest BCUT2D eigenvalue weighted by molar-refractivity contribution is 5.92. The van der Waals surface area contributed by atoms with Crippen LogP contribution in [0, 0.1) is 13.8 Å². The van der Waals surface area contributed by atoms with E-state index in [0.29, 0.717) is 5.56 Å². The predicted octanol–water partition coefficient (Wildman–Crippen LogP) is 4.62. The Morgan fingerprint density at radius 1 is 0.878 bits per heavy atom. The predicted molar refractivity (Wildman–Crippen MR) is 159 cm³/mol. The van der Waals surface area contributed by atoms with Crippen molar-refractivity contribution in [3.05, 3.63) is 107 Å². The molecule has 2 atom stereocenters. The normalized spacial score (nSPS) is 12.6. The lowest BCUT2D eigenvalue weighted by Gasteiger charge is -2.34. The molecule has 0 aromatic heterocycles. The second kappa shape index (κ2) is 14.5. The van der Waals surface area contributed by atoms with Crippen LogP contribution in [0.15, 0.2) is 78.9 Å². The van der Waals surface area contributed by atoms with Gasteiger partial charge < -0.3 is 25.4 Å². The maximum Gasteiger partial charge on any atom is 0.408 e. The molecule has 8 heteroatoms. The molecular weight excluding hydrogens is 518 g/mol. The first kappa shape index (κ1) is 31.4. The standard InChI is InChI=1S/C33H41N3O5/c1-23-18-24(2)20-27(19-23)29(30(38)34-22-26-14-10-7-11-15-26)36(16-17-37)31(39)28(21-25-12-8-6-9-13-25)35-32(40)41-33(3,4)5/h6-15,18-20,28-29,37H,16-17,21-22H2,1-5H3,(H,34,38)(H,35,40). The first-order valence-electron chi connectivity index (χ1n) is 13.8. The molecule has 41 heavy (non-hydrogen) atoms. The van der Waals surface area contributed by atoms with Crippen LogP contribution in [0.3, 0.4) is 0 Å². The van der Waals surface area contributed by atoms with Gasteiger partial charge in [0.25, 0.3) is 0 Å². The maximum atomic E-state index is 14.3. The number of aliphatic hydroxyl groups excluding tert-OH is 1. The van der Waals surface area contributed by atoms with E-state index in [9.17, 15) is 19.5 Å². The van der Waals surface area contributed by atoms with Gasteiger partial charge in [-0.15, -0.1) is 0 Å². The van der Waals surface area contributed by atoms with Gasteiger partial charge in [-0.25, -0.2) is 4.79 Å². The summed E-state index contributed by atoms with van der Waals surface area (Å²) in [5.41, 5.74) is 3.45. The van der Waals surface area contributed by atoms with E-state index in [2.05, 4.69) is 10.6 Å². The second-order valence-corrected chi connectivity index (χ2v) is 11.2. The van der Waals surface area contributed by atoms with Gasteiger partial charge in [-0.2, -0.15) is 0 Å². The fourth-order valence-corrected chi connectivity index (χ4v) is 4.70. The van der Waals surface area contributed by atoms with Crippen LogP contribution in [0.4, 0.5) is 4.79 Å². The number of ether oxygens (including phenoxy) is 1. The van der Waals surface area contributed by atoms with Crippen LogP contribution in [0.1, 0.15) is 54.6 Å². The van der Waals surface area contributed by atoms with Crippen LogP contribution in [0.25, 0.3) is 0 Å². The molecule has 3 aromatic carbocycles. The Bertz CT molecular complexity index is 1290. The topological polar surface area (TPSA) is 108 Å². The Kier molecular flexibility index (Phi) is 11.1. The molecule has 3 aromatic rings. The average Bonchev–Trinajstić information content (AvgIpc) is 2.90. The van der Waals surface area contributed by atoms with Crippen molar-refractivity contribution in [3.63, 3.8) is 0 Å². The number of amides is 3. The number of nitrogens with one attached hydrogen (secondary N) is 2. The van der Waals surface area contributed by atoms with Gasteiger partial charge in [0.15, 0.2) is 0 Å². The van der Waals surface area contributed by atoms with E-state index in [4.69, 9.17) is 4.74 Å². The van der Waals surface area contributed by atoms with Gasteiger partial charge in [-0.1, -0.05) is 90.0 Å². The number of rotatable bonds is 11. The van der Waals surface area contributed by atoms with Crippen molar-refractivity contribution < 1.29 is 24.2 Å². The summed E-state index contributed by atoms with van der Waals surface area (Å²) in [7, 11) is 0. The number of nitrogens with zero attached hydrogens (tertiary/aromatic N) is 1. The van der Waals surface area contributed by atoms with Gasteiger partial charge in [0, 0.05) is 19.5 Å². The summed E-state index contributed by atoms with van der Waals surface area (Å²) in [5, 5.41) is 15.7. The third kappa shape index (κ3) is 9.76. The zero-order valence-electron chi connectivity index (χ0n) is 24.5. The summed E-state index contributed by atoms with van der Waals surface area (Å²) in [6.07, 6.45) is -0.571. The molecule has 0 aliphatic carbocycles. The summed E-state index contributed by atoms with van der Waals surface area (Å²) in [6, 6.07) is 22.4. The van der Waals surface area contributed by atoms with Crippen LogP contribution < -0.4 is 10.6 Å². The van der Waals surface area contributed by atoms with Gasteiger partial charge in [0.1, 0.15) is 17.7 Å². The van der Waals surface area contributed by atoms with Crippen LogP contribution in [-0.4, -0.2) is 52.7 Å². The molecule has 0 radical (unpaired) electrons. The number of benzene rings is 3. The molecule has 2 unspecified atom stereocenters. The molecule has 0 heterocycles. The number of carbonyl (C=O) groups is 3. The lowest BCUT2D eigenvalue weighted by Crippen LogP contribution is -2.54. The van der Waals surface area contributed by atoms with Gasteiger partial charge in [-0.05, 0) is 51.3 Å². The second-order valence-electron chi connectivity index (χ2n) is 11.2. The number of hydrogen-bond acceptors (Lipinski definition) is 5. The molecule has 0 aliphatic rings. The van der Waals surface area contributed by atoms with Crippen LogP contribution >= 0.6 is 0 Å². The highest BCUT2D eigenvalue weighted by Gasteiger charge is 2.36. The molecule has 3 N–H and O–H groups in total. The first-order chi connectivity index (χ1) is 19.5. The Morgan fingerprint density at radius 3 is 1.98 bits per heavy atom. The Hall–Kier alpha value is -4.17. The summed E-state index contributed by atoms with van der Waals surface area (Å²) < 4.78 is 5.46. The maximum absolute atomic E-state index is 14.3. The van der Waals surface area contributed by atoms with Gasteiger partial charge in [-0.3, -0.25) is 9.59 Å². The van der Waals surface area contributed by atoms with Crippen LogP contribution in [-0.2, 0) is 27.3 Å². The van der Waals surface area contributed by atoms with Crippen molar-refractivity contribution in [2.24, 2.45) is 0 Å². The molecule has 0 aliphatic heterocycles. The molecule has 0 saturated heterocycles. The minimum absolute atomic E-state index is 0.115. The highest BCUT2D eigenvalue weighted by Crippen LogP contribution is 2.25. The molecule has 3 amide bonds. The minimum Gasteiger partial charge on any atom is -0.444 e. The summed E-state index contributed by atoms with van der Waals surface area (Å²) >= 11 is 0. The van der Waals surface area contributed by atoms with E-state index in [1.807, 2.05) is 92.7 Å². The van der Waals surface area contributed by atoms with Crippen molar-refractivity contribution in [2.75, 3.05) is 13.2 Å². The third-order valence-corrected chi connectivity index (χ3v) is 6.33. The first-order valence-corrected chi connectivity index (χ1v) is 13.8. The quantitative estimate of drug-likeness (QED) is 0.318. The number of carbonyl (C=O) groups excluding carboxylic acids is 3. The largest absolute Gasteiger partial charge is 0.444 e. The zero-order valence-corrected chi connectivity index (χ0v) is 24.5. The lowest BCUT2D eigenvalue weighted by molar-refractivity contribution is -0.143. The van der Waals surface area contributed by atoms with Crippen molar-refractivity contribution in [3.8, 4) is 0 Å². The third-order valence-electron chi connectivity index (χ3n) is 6.33. The molecule has 218 valence electrons. The molecular formula is C33H41N3O5. The van der Waals surface area contributed by atoms with E-state index >= 15 is 0 Å². The van der Waals surface area contributed by atoms with E-state index in [0.717, 1.165) is 22.3 Å². The van der Waals surface area contributed by atoms with Crippen molar-refractivity contribution >= 4 is 17.9 Å². The number of alkyl carbamates (subject to hydrolysis) is 1. The zero-order chi connectivity index (χ0) is 30.0. The van der Waals surface area contributed by atoms with E-state index in [1.54, 1.807) is 20.8 Å². The monoisotopic (exact) mass is 559 g/mol. The molecule has 3 rings (SSSR count). The summed E-state index contributed by atoms with van der Waals surface area (Å²) in [4.78, 5) is 42.3.